The number of carbonyl (C=O) groups excluding carboxylic acids is 2. The number of nitrogens with zero attached hydrogens (tertiary/aromatic N) is 2. The highest BCUT2D eigenvalue weighted by Crippen LogP contribution is 2.26. The van der Waals surface area contributed by atoms with Crippen molar-refractivity contribution in [2.24, 2.45) is 10.2 Å². The zero-order valence-electron chi connectivity index (χ0n) is 16.5. The van der Waals surface area contributed by atoms with Gasteiger partial charge in [0, 0.05) is 12.8 Å². The van der Waals surface area contributed by atoms with Gasteiger partial charge in [-0.15, -0.1) is 0 Å². The number of aromatic hydroxyl groups is 2. The van der Waals surface area contributed by atoms with Gasteiger partial charge in [-0.1, -0.05) is 0 Å². The van der Waals surface area contributed by atoms with Gasteiger partial charge in [0.05, 0.1) is 26.6 Å². The van der Waals surface area contributed by atoms with Gasteiger partial charge in [-0.05, 0) is 47.5 Å². The van der Waals surface area contributed by atoms with E-state index in [1.54, 1.807) is 24.3 Å². The summed E-state index contributed by atoms with van der Waals surface area (Å²) in [5.41, 5.74) is 5.71. The van der Waals surface area contributed by atoms with Crippen LogP contribution >= 0.6 is 0 Å². The number of phenols is 2. The van der Waals surface area contributed by atoms with Crippen LogP contribution in [-0.2, 0) is 9.59 Å². The molecule has 0 unspecified atom stereocenters. The summed E-state index contributed by atoms with van der Waals surface area (Å²) in [5, 5.41) is 26.9. The highest BCUT2D eigenvalue weighted by Gasteiger charge is 2.06. The quantitative estimate of drug-likeness (QED) is 0.362. The summed E-state index contributed by atoms with van der Waals surface area (Å²) in [6, 6.07) is 9.31. The second-order valence-corrected chi connectivity index (χ2v) is 5.95. The van der Waals surface area contributed by atoms with Crippen molar-refractivity contribution in [3.63, 3.8) is 0 Å². The SMILES string of the molecule is COc1ccc(/C=N\NC(=O)CCC(=O)N/N=C\c2ccc(OC)c(O)c2)cc1O. The fraction of sp³-hybridized carbons (Fsp3) is 0.200. The minimum atomic E-state index is -0.455. The lowest BCUT2D eigenvalue weighted by molar-refractivity contribution is -0.126. The monoisotopic (exact) mass is 414 g/mol. The number of ether oxygens (including phenoxy) is 2. The molecular formula is C20H22N4O6. The van der Waals surface area contributed by atoms with Crippen LogP contribution in [0, 0.1) is 0 Å². The predicted octanol–water partition coefficient (Wildman–Crippen LogP) is 1.50. The summed E-state index contributed by atoms with van der Waals surface area (Å²) < 4.78 is 9.87. The number of benzene rings is 2. The highest BCUT2D eigenvalue weighted by molar-refractivity contribution is 5.87. The molecule has 0 aromatic heterocycles. The molecule has 0 atom stereocenters. The predicted molar refractivity (Wildman–Crippen MR) is 110 cm³/mol. The molecule has 4 N–H and O–H groups in total. The van der Waals surface area contributed by atoms with Gasteiger partial charge in [0.1, 0.15) is 0 Å². The third-order valence-electron chi connectivity index (χ3n) is 3.79. The molecule has 2 aromatic carbocycles. The molecule has 0 aliphatic rings. The van der Waals surface area contributed by atoms with Crippen LogP contribution in [-0.4, -0.2) is 48.7 Å². The Morgan fingerprint density at radius 2 is 1.23 bits per heavy atom. The molecule has 10 heteroatoms. The van der Waals surface area contributed by atoms with Gasteiger partial charge in [-0.3, -0.25) is 9.59 Å². The Bertz CT molecular complexity index is 881. The van der Waals surface area contributed by atoms with E-state index < -0.39 is 11.8 Å². The maximum absolute atomic E-state index is 11.7. The third kappa shape index (κ3) is 6.82. The number of nitrogens with one attached hydrogen (secondary N) is 2. The second-order valence-electron chi connectivity index (χ2n) is 5.95. The minimum Gasteiger partial charge on any atom is -0.504 e. The number of methoxy groups -OCH3 is 2. The van der Waals surface area contributed by atoms with Gasteiger partial charge in [0.25, 0.3) is 0 Å². The molecule has 0 bridgehead atoms. The van der Waals surface area contributed by atoms with Crippen LogP contribution in [0.25, 0.3) is 0 Å². The summed E-state index contributed by atoms with van der Waals surface area (Å²) >= 11 is 0. The number of phenolic OH excluding ortho intramolecular Hbond substituents is 2. The maximum Gasteiger partial charge on any atom is 0.240 e. The first kappa shape index (κ1) is 22.2. The molecule has 30 heavy (non-hydrogen) atoms. The Morgan fingerprint density at radius 3 is 1.57 bits per heavy atom. The maximum atomic E-state index is 11.7. The van der Waals surface area contributed by atoms with Gasteiger partial charge in [0.15, 0.2) is 23.0 Å². The Hall–Kier alpha value is -4.08. The number of hydrogen-bond donors (Lipinski definition) is 4. The van der Waals surface area contributed by atoms with Crippen LogP contribution in [0.4, 0.5) is 0 Å². The molecule has 2 rings (SSSR count). The van der Waals surface area contributed by atoms with E-state index in [2.05, 4.69) is 21.1 Å². The molecule has 0 radical (unpaired) electrons. The molecule has 0 aliphatic carbocycles. The first-order valence-corrected chi connectivity index (χ1v) is 8.80. The topological polar surface area (TPSA) is 142 Å². The van der Waals surface area contributed by atoms with Crippen LogP contribution in [0.1, 0.15) is 24.0 Å². The Balaban J connectivity index is 1.73. The number of hydrogen-bond acceptors (Lipinski definition) is 8. The molecule has 0 saturated carbocycles. The molecule has 0 fully saturated rings. The summed E-state index contributed by atoms with van der Waals surface area (Å²) in [4.78, 5) is 23.5. The Morgan fingerprint density at radius 1 is 0.833 bits per heavy atom. The summed E-state index contributed by atoms with van der Waals surface area (Å²) in [7, 11) is 2.88. The Kier molecular flexibility index (Phi) is 8.18. The smallest absolute Gasteiger partial charge is 0.240 e. The van der Waals surface area contributed by atoms with E-state index in [1.807, 2.05) is 0 Å². The van der Waals surface area contributed by atoms with Gasteiger partial charge < -0.3 is 19.7 Å². The van der Waals surface area contributed by atoms with Crippen LogP contribution in [0.3, 0.4) is 0 Å². The van der Waals surface area contributed by atoms with Crippen molar-refractivity contribution in [3.05, 3.63) is 47.5 Å². The standard InChI is InChI=1S/C20H22N4O6/c1-29-17-5-3-13(9-15(17)25)11-21-23-19(27)7-8-20(28)24-22-12-14-4-6-18(30-2)16(26)10-14/h3-6,9-12,25-26H,7-8H2,1-2H3,(H,23,27)(H,24,28)/b21-11-,22-12-. The van der Waals surface area contributed by atoms with E-state index in [4.69, 9.17) is 9.47 Å². The first-order valence-electron chi connectivity index (χ1n) is 8.80. The van der Waals surface area contributed by atoms with E-state index in [-0.39, 0.29) is 24.3 Å². The molecule has 2 amide bonds. The van der Waals surface area contributed by atoms with Gasteiger partial charge >= 0.3 is 0 Å². The molecule has 0 saturated heterocycles. The van der Waals surface area contributed by atoms with Crippen LogP contribution in [0.5, 0.6) is 23.0 Å². The highest BCUT2D eigenvalue weighted by atomic mass is 16.5. The molecular weight excluding hydrogens is 392 g/mol. The summed E-state index contributed by atoms with van der Waals surface area (Å²) in [6.45, 7) is 0. The number of rotatable bonds is 9. The normalized spacial score (nSPS) is 10.9. The second kappa shape index (κ2) is 11.1. The van der Waals surface area contributed by atoms with E-state index in [9.17, 15) is 19.8 Å². The van der Waals surface area contributed by atoms with Crippen molar-refractivity contribution in [2.75, 3.05) is 14.2 Å². The van der Waals surface area contributed by atoms with E-state index in [1.165, 1.54) is 38.8 Å². The minimum absolute atomic E-state index is 0.0464. The molecule has 2 aromatic rings. The van der Waals surface area contributed by atoms with E-state index in [0.29, 0.717) is 22.6 Å². The average Bonchev–Trinajstić information content (AvgIpc) is 2.72. The van der Waals surface area contributed by atoms with Gasteiger partial charge in [0.2, 0.25) is 11.8 Å². The molecule has 0 spiro atoms. The zero-order chi connectivity index (χ0) is 21.9. The van der Waals surface area contributed by atoms with Crippen molar-refractivity contribution >= 4 is 24.2 Å². The van der Waals surface area contributed by atoms with Crippen LogP contribution < -0.4 is 20.3 Å². The summed E-state index contributed by atoms with van der Waals surface area (Å²) in [5.74, 6) is -0.349. The van der Waals surface area contributed by atoms with Crippen molar-refractivity contribution < 1.29 is 29.3 Å². The molecule has 158 valence electrons. The van der Waals surface area contributed by atoms with Crippen molar-refractivity contribution in [3.8, 4) is 23.0 Å². The molecule has 0 heterocycles. The van der Waals surface area contributed by atoms with Crippen molar-refractivity contribution in [2.45, 2.75) is 12.8 Å². The zero-order valence-corrected chi connectivity index (χ0v) is 16.5. The first-order chi connectivity index (χ1) is 14.4. The lowest BCUT2D eigenvalue weighted by atomic mass is 10.2. The number of carbonyl (C=O) groups is 2. The Labute approximate surface area is 172 Å². The number of hydrazone groups is 2. The lowest BCUT2D eigenvalue weighted by Gasteiger charge is -2.03. The fourth-order valence-corrected chi connectivity index (χ4v) is 2.27. The van der Waals surface area contributed by atoms with Crippen LogP contribution in [0.15, 0.2) is 46.6 Å². The summed E-state index contributed by atoms with van der Waals surface area (Å²) in [6.07, 6.45) is 2.53. The van der Waals surface area contributed by atoms with E-state index >= 15 is 0 Å². The number of amides is 2. The van der Waals surface area contributed by atoms with Crippen molar-refractivity contribution in [1.29, 1.82) is 0 Å². The molecule has 0 aliphatic heterocycles. The van der Waals surface area contributed by atoms with Crippen molar-refractivity contribution in [1.82, 2.24) is 10.9 Å². The van der Waals surface area contributed by atoms with Gasteiger partial charge in [-0.2, -0.15) is 10.2 Å². The molecule has 10 nitrogen and oxygen atoms in total. The third-order valence-corrected chi connectivity index (χ3v) is 3.79. The van der Waals surface area contributed by atoms with Gasteiger partial charge in [-0.25, -0.2) is 10.9 Å². The van der Waals surface area contributed by atoms with Crippen LogP contribution in [0.2, 0.25) is 0 Å². The average molecular weight is 414 g/mol. The largest absolute Gasteiger partial charge is 0.504 e. The lowest BCUT2D eigenvalue weighted by Crippen LogP contribution is -2.22. The van der Waals surface area contributed by atoms with E-state index in [0.717, 1.165) is 0 Å². The fourth-order valence-electron chi connectivity index (χ4n) is 2.27.